The van der Waals surface area contributed by atoms with Crippen LogP contribution in [0.4, 0.5) is 4.39 Å². The van der Waals surface area contributed by atoms with E-state index in [1.807, 2.05) is 12.1 Å². The Hall–Kier alpha value is -1.27. The van der Waals surface area contributed by atoms with Crippen LogP contribution >= 0.6 is 0 Å². The highest BCUT2D eigenvalue weighted by molar-refractivity contribution is 5.48. The summed E-state index contributed by atoms with van der Waals surface area (Å²) >= 11 is 0. The minimum Gasteiger partial charge on any atom is -0.396 e. The van der Waals surface area contributed by atoms with Gasteiger partial charge in [0, 0.05) is 50.9 Å². The number of aliphatic hydroxyl groups excluding tert-OH is 1. The molecule has 0 amide bonds. The molecule has 0 bridgehead atoms. The second-order valence-electron chi connectivity index (χ2n) is 8.48. The van der Waals surface area contributed by atoms with Gasteiger partial charge in [0.05, 0.1) is 0 Å². The second-order valence-corrected chi connectivity index (χ2v) is 8.48. The number of piperidine rings is 1. The minimum absolute atomic E-state index is 0.195. The molecule has 0 radical (unpaired) electrons. The molecular weight excluding hydrogens is 353 g/mol. The van der Waals surface area contributed by atoms with Crippen LogP contribution in [0, 0.1) is 5.82 Å². The first kappa shape index (κ1) is 21.4. The fourth-order valence-corrected chi connectivity index (χ4v) is 4.63. The molecule has 0 aromatic heterocycles. The number of halogens is 1. The molecule has 5 heteroatoms. The Morgan fingerprint density at radius 1 is 1.11 bits per heavy atom. The monoisotopic (exact) mass is 389 g/mol. The molecule has 1 N–H and O–H groups in total. The van der Waals surface area contributed by atoms with Gasteiger partial charge >= 0.3 is 0 Å². The van der Waals surface area contributed by atoms with E-state index < -0.39 is 0 Å². The van der Waals surface area contributed by atoms with E-state index >= 15 is 0 Å². The van der Waals surface area contributed by atoms with E-state index in [4.69, 9.17) is 0 Å². The summed E-state index contributed by atoms with van der Waals surface area (Å²) in [6.45, 7) is 11.3. The summed E-state index contributed by atoms with van der Waals surface area (Å²) in [6.07, 6.45) is 7.56. The Morgan fingerprint density at radius 2 is 1.82 bits per heavy atom. The van der Waals surface area contributed by atoms with Crippen LogP contribution in [0.2, 0.25) is 0 Å². The zero-order chi connectivity index (χ0) is 19.9. The van der Waals surface area contributed by atoms with Crippen LogP contribution in [-0.2, 0) is 0 Å². The predicted octanol–water partition coefficient (Wildman–Crippen LogP) is 3.08. The molecule has 1 aromatic rings. The van der Waals surface area contributed by atoms with E-state index in [2.05, 4.69) is 40.7 Å². The SMILES string of the molecule is CC(C)N1CCC(N2CCN(C/C=C/c3ccc(F)cc3)C[C@@H]2CCO)CC1. The standard InChI is InChI=1S/C23H36FN3O/c1-19(2)26-13-9-22(10-14-26)27-16-15-25(18-23(27)11-17-28)12-3-4-20-5-7-21(24)8-6-20/h3-8,19,22-23,28H,9-18H2,1-2H3/b4-3+/t23-/m0/s1. The van der Waals surface area contributed by atoms with Gasteiger partial charge in [-0.3, -0.25) is 9.80 Å². The minimum atomic E-state index is -0.195. The molecule has 3 rings (SSSR count). The zero-order valence-corrected chi connectivity index (χ0v) is 17.4. The molecule has 4 nitrogen and oxygen atoms in total. The van der Waals surface area contributed by atoms with E-state index in [1.165, 1.54) is 38.1 Å². The van der Waals surface area contributed by atoms with Crippen molar-refractivity contribution in [3.8, 4) is 0 Å². The number of piperazine rings is 1. The molecule has 2 saturated heterocycles. The summed E-state index contributed by atoms with van der Waals surface area (Å²) in [5.74, 6) is -0.195. The third-order valence-corrected chi connectivity index (χ3v) is 6.32. The van der Waals surface area contributed by atoms with Gasteiger partial charge in [-0.05, 0) is 63.9 Å². The van der Waals surface area contributed by atoms with E-state index in [9.17, 15) is 9.50 Å². The van der Waals surface area contributed by atoms with Gasteiger partial charge in [-0.1, -0.05) is 24.3 Å². The van der Waals surface area contributed by atoms with Crippen LogP contribution in [0.15, 0.2) is 30.3 Å². The maximum Gasteiger partial charge on any atom is 0.123 e. The van der Waals surface area contributed by atoms with Crippen LogP contribution in [-0.4, -0.2) is 83.8 Å². The fraction of sp³-hybridized carbons (Fsp3) is 0.652. The van der Waals surface area contributed by atoms with Crippen molar-refractivity contribution in [1.82, 2.24) is 14.7 Å². The van der Waals surface area contributed by atoms with Gasteiger partial charge in [-0.15, -0.1) is 0 Å². The average Bonchev–Trinajstić information content (AvgIpc) is 2.70. The van der Waals surface area contributed by atoms with Crippen LogP contribution in [0.5, 0.6) is 0 Å². The Labute approximate surface area is 169 Å². The molecular formula is C23H36FN3O. The van der Waals surface area contributed by atoms with Gasteiger partial charge in [0.25, 0.3) is 0 Å². The van der Waals surface area contributed by atoms with Crippen molar-refractivity contribution in [1.29, 1.82) is 0 Å². The first-order valence-corrected chi connectivity index (χ1v) is 10.8. The number of rotatable bonds is 7. The molecule has 1 aromatic carbocycles. The smallest absolute Gasteiger partial charge is 0.123 e. The third kappa shape index (κ3) is 5.86. The summed E-state index contributed by atoms with van der Waals surface area (Å²) in [4.78, 5) is 7.72. The lowest BCUT2D eigenvalue weighted by Gasteiger charge is -2.48. The number of hydrogen-bond acceptors (Lipinski definition) is 4. The number of nitrogens with zero attached hydrogens (tertiary/aromatic N) is 3. The Kier molecular flexibility index (Phi) is 8.03. The number of benzene rings is 1. The van der Waals surface area contributed by atoms with Gasteiger partial charge in [0.1, 0.15) is 5.82 Å². The number of likely N-dealkylation sites (tertiary alicyclic amines) is 1. The Morgan fingerprint density at radius 3 is 2.46 bits per heavy atom. The fourth-order valence-electron chi connectivity index (χ4n) is 4.63. The number of aliphatic hydroxyl groups is 1. The molecule has 2 aliphatic rings. The third-order valence-electron chi connectivity index (χ3n) is 6.32. The molecule has 0 aliphatic carbocycles. The topological polar surface area (TPSA) is 30.0 Å². The summed E-state index contributed by atoms with van der Waals surface area (Å²) in [7, 11) is 0. The van der Waals surface area contributed by atoms with Gasteiger partial charge in [-0.2, -0.15) is 0 Å². The molecule has 2 aliphatic heterocycles. The first-order chi connectivity index (χ1) is 13.6. The highest BCUT2D eigenvalue weighted by Crippen LogP contribution is 2.24. The second kappa shape index (κ2) is 10.5. The summed E-state index contributed by atoms with van der Waals surface area (Å²) in [5, 5.41) is 9.58. The molecule has 1 atom stereocenters. The molecule has 2 fully saturated rings. The quantitative estimate of drug-likeness (QED) is 0.776. The highest BCUT2D eigenvalue weighted by Gasteiger charge is 2.33. The lowest BCUT2D eigenvalue weighted by Crippen LogP contribution is -2.58. The van der Waals surface area contributed by atoms with Gasteiger partial charge < -0.3 is 10.0 Å². The van der Waals surface area contributed by atoms with Crippen molar-refractivity contribution in [3.05, 3.63) is 41.7 Å². The van der Waals surface area contributed by atoms with Crippen LogP contribution in [0.25, 0.3) is 6.08 Å². The van der Waals surface area contributed by atoms with Gasteiger partial charge in [-0.25, -0.2) is 4.39 Å². The summed E-state index contributed by atoms with van der Waals surface area (Å²) < 4.78 is 13.0. The zero-order valence-electron chi connectivity index (χ0n) is 17.4. The predicted molar refractivity (Wildman–Crippen MR) is 114 cm³/mol. The normalized spacial score (nSPS) is 23.8. The van der Waals surface area contributed by atoms with Crippen molar-refractivity contribution in [2.75, 3.05) is 45.9 Å². The van der Waals surface area contributed by atoms with E-state index in [0.717, 1.165) is 38.2 Å². The molecule has 28 heavy (non-hydrogen) atoms. The molecule has 0 spiro atoms. The number of hydrogen-bond donors (Lipinski definition) is 1. The summed E-state index contributed by atoms with van der Waals surface area (Å²) in [6, 6.07) is 8.35. The van der Waals surface area contributed by atoms with Crippen molar-refractivity contribution in [3.63, 3.8) is 0 Å². The van der Waals surface area contributed by atoms with Crippen molar-refractivity contribution < 1.29 is 9.50 Å². The van der Waals surface area contributed by atoms with Crippen LogP contribution in [0.3, 0.4) is 0 Å². The van der Waals surface area contributed by atoms with E-state index in [-0.39, 0.29) is 12.4 Å². The largest absolute Gasteiger partial charge is 0.396 e. The average molecular weight is 390 g/mol. The maximum atomic E-state index is 13.0. The Balaban J connectivity index is 1.51. The van der Waals surface area contributed by atoms with E-state index in [0.29, 0.717) is 18.1 Å². The lowest BCUT2D eigenvalue weighted by atomic mass is 9.97. The van der Waals surface area contributed by atoms with Gasteiger partial charge in [0.15, 0.2) is 0 Å². The Bertz CT molecular complexity index is 611. The van der Waals surface area contributed by atoms with Gasteiger partial charge in [0.2, 0.25) is 0 Å². The van der Waals surface area contributed by atoms with Crippen molar-refractivity contribution in [2.45, 2.75) is 51.2 Å². The van der Waals surface area contributed by atoms with Crippen molar-refractivity contribution in [2.24, 2.45) is 0 Å². The maximum absolute atomic E-state index is 13.0. The van der Waals surface area contributed by atoms with Crippen molar-refractivity contribution >= 4 is 6.08 Å². The molecule has 2 heterocycles. The van der Waals surface area contributed by atoms with Crippen LogP contribution in [0.1, 0.15) is 38.7 Å². The molecule has 156 valence electrons. The van der Waals surface area contributed by atoms with Crippen LogP contribution < -0.4 is 0 Å². The first-order valence-electron chi connectivity index (χ1n) is 10.8. The highest BCUT2D eigenvalue weighted by atomic mass is 19.1. The molecule has 0 unspecified atom stereocenters. The van der Waals surface area contributed by atoms with E-state index in [1.54, 1.807) is 0 Å². The molecule has 0 saturated carbocycles. The summed E-state index contributed by atoms with van der Waals surface area (Å²) in [5.41, 5.74) is 1.03. The lowest BCUT2D eigenvalue weighted by molar-refractivity contribution is 0.00552.